The molecule has 2 nitrogen and oxygen atoms in total. The summed E-state index contributed by atoms with van der Waals surface area (Å²) in [5, 5.41) is 6.29. The molecule has 1 aliphatic carbocycles. The monoisotopic (exact) mass is 273 g/mol. The third-order valence-corrected chi connectivity index (χ3v) is 4.88. The lowest BCUT2D eigenvalue weighted by Crippen LogP contribution is -2.34. The lowest BCUT2D eigenvalue weighted by molar-refractivity contribution is 0.0935. The molecule has 1 aliphatic rings. The maximum atomic E-state index is 12.4. The maximum Gasteiger partial charge on any atom is 0.252 e. The van der Waals surface area contributed by atoms with Crippen molar-refractivity contribution in [3.05, 3.63) is 35.2 Å². The Morgan fingerprint density at radius 1 is 1.11 bits per heavy atom. The fraction of sp³-hybridized carbons (Fsp3) is 0.438. The van der Waals surface area contributed by atoms with Gasteiger partial charge in [0.1, 0.15) is 0 Å². The van der Waals surface area contributed by atoms with Crippen molar-refractivity contribution in [3.8, 4) is 0 Å². The molecule has 0 aliphatic heterocycles. The molecule has 1 aromatic heterocycles. The topological polar surface area (TPSA) is 29.1 Å². The molecule has 1 N–H and O–H groups in total. The Kier molecular flexibility index (Phi) is 3.83. The second kappa shape index (κ2) is 5.74. The second-order valence-corrected chi connectivity index (χ2v) is 6.22. The van der Waals surface area contributed by atoms with Crippen LogP contribution in [-0.4, -0.2) is 11.9 Å². The van der Waals surface area contributed by atoms with E-state index in [4.69, 9.17) is 0 Å². The highest BCUT2D eigenvalue weighted by Gasteiger charge is 2.17. The first-order chi connectivity index (χ1) is 9.34. The third-order valence-electron chi connectivity index (χ3n) is 3.92. The van der Waals surface area contributed by atoms with Crippen molar-refractivity contribution in [3.63, 3.8) is 0 Å². The molecular weight excluding hydrogens is 254 g/mol. The number of carbonyl (C=O) groups excluding carboxylic acids is 1. The van der Waals surface area contributed by atoms with E-state index in [1.165, 1.54) is 30.4 Å². The Morgan fingerprint density at radius 3 is 2.63 bits per heavy atom. The molecule has 0 unspecified atom stereocenters. The van der Waals surface area contributed by atoms with Crippen LogP contribution in [0.25, 0.3) is 10.1 Å². The summed E-state index contributed by atoms with van der Waals surface area (Å²) in [6.07, 6.45) is 7.38. The van der Waals surface area contributed by atoms with E-state index >= 15 is 0 Å². The molecule has 0 atom stereocenters. The van der Waals surface area contributed by atoms with Gasteiger partial charge in [0.2, 0.25) is 0 Å². The van der Waals surface area contributed by atoms with Gasteiger partial charge in [0.05, 0.1) is 5.56 Å². The van der Waals surface area contributed by atoms with Crippen LogP contribution in [-0.2, 0) is 0 Å². The van der Waals surface area contributed by atoms with Crippen LogP contribution in [0.3, 0.4) is 0 Å². The Morgan fingerprint density at radius 2 is 1.84 bits per heavy atom. The number of carbonyl (C=O) groups is 1. The van der Waals surface area contributed by atoms with Crippen molar-refractivity contribution >= 4 is 27.3 Å². The van der Waals surface area contributed by atoms with Gasteiger partial charge in [-0.25, -0.2) is 0 Å². The predicted molar refractivity (Wildman–Crippen MR) is 80.8 cm³/mol. The van der Waals surface area contributed by atoms with Gasteiger partial charge in [-0.3, -0.25) is 4.79 Å². The van der Waals surface area contributed by atoms with Crippen molar-refractivity contribution in [2.24, 2.45) is 0 Å². The molecule has 0 saturated heterocycles. The van der Waals surface area contributed by atoms with E-state index in [1.54, 1.807) is 11.3 Å². The summed E-state index contributed by atoms with van der Waals surface area (Å²) in [4.78, 5) is 12.4. The minimum Gasteiger partial charge on any atom is -0.349 e. The van der Waals surface area contributed by atoms with Crippen molar-refractivity contribution < 1.29 is 4.79 Å². The number of fused-ring (bicyclic) bond motifs is 1. The van der Waals surface area contributed by atoms with Crippen molar-refractivity contribution in [2.75, 3.05) is 0 Å². The van der Waals surface area contributed by atoms with Gasteiger partial charge in [-0.15, -0.1) is 11.3 Å². The number of rotatable bonds is 2. The minimum absolute atomic E-state index is 0.101. The van der Waals surface area contributed by atoms with Crippen LogP contribution in [0.4, 0.5) is 0 Å². The summed E-state index contributed by atoms with van der Waals surface area (Å²) in [6.45, 7) is 0. The quantitative estimate of drug-likeness (QED) is 0.810. The Labute approximate surface area is 117 Å². The van der Waals surface area contributed by atoms with Gasteiger partial charge in [-0.05, 0) is 18.9 Å². The Balaban J connectivity index is 1.76. The fourth-order valence-corrected chi connectivity index (χ4v) is 3.78. The van der Waals surface area contributed by atoms with E-state index in [9.17, 15) is 4.79 Å². The number of thiophene rings is 1. The minimum atomic E-state index is 0.101. The van der Waals surface area contributed by atoms with Crippen molar-refractivity contribution in [2.45, 2.75) is 44.6 Å². The van der Waals surface area contributed by atoms with Gasteiger partial charge in [-0.2, -0.15) is 0 Å². The van der Waals surface area contributed by atoms with Crippen LogP contribution in [0.5, 0.6) is 0 Å². The van der Waals surface area contributed by atoms with Gasteiger partial charge in [0.25, 0.3) is 5.91 Å². The molecule has 0 spiro atoms. The lowest BCUT2D eigenvalue weighted by atomic mass is 10.1. The van der Waals surface area contributed by atoms with Gasteiger partial charge in [-0.1, -0.05) is 43.9 Å². The molecule has 100 valence electrons. The summed E-state index contributed by atoms with van der Waals surface area (Å²) >= 11 is 1.65. The first-order valence-electron chi connectivity index (χ1n) is 7.12. The smallest absolute Gasteiger partial charge is 0.252 e. The average Bonchev–Trinajstić information content (AvgIpc) is 2.70. The highest BCUT2D eigenvalue weighted by atomic mass is 32.1. The molecule has 0 bridgehead atoms. The molecule has 1 saturated carbocycles. The molecule has 3 heteroatoms. The van der Waals surface area contributed by atoms with Crippen molar-refractivity contribution in [1.29, 1.82) is 0 Å². The number of hydrogen-bond acceptors (Lipinski definition) is 2. The molecule has 3 rings (SSSR count). The third kappa shape index (κ3) is 2.81. The van der Waals surface area contributed by atoms with E-state index < -0.39 is 0 Å². The molecule has 2 aromatic rings. The number of hydrogen-bond donors (Lipinski definition) is 1. The zero-order chi connectivity index (χ0) is 13.1. The van der Waals surface area contributed by atoms with E-state index in [0.717, 1.165) is 23.8 Å². The number of amides is 1. The molecule has 1 aromatic carbocycles. The van der Waals surface area contributed by atoms with E-state index in [0.29, 0.717) is 6.04 Å². The van der Waals surface area contributed by atoms with Crippen LogP contribution in [0.2, 0.25) is 0 Å². The summed E-state index contributed by atoms with van der Waals surface area (Å²) in [6, 6.07) is 8.49. The molecule has 1 fully saturated rings. The summed E-state index contributed by atoms with van der Waals surface area (Å²) in [7, 11) is 0. The van der Waals surface area contributed by atoms with Crippen LogP contribution in [0.15, 0.2) is 29.6 Å². The zero-order valence-electron chi connectivity index (χ0n) is 11.0. The Hall–Kier alpha value is -1.35. The molecular formula is C16H19NOS. The van der Waals surface area contributed by atoms with E-state index in [-0.39, 0.29) is 5.91 Å². The van der Waals surface area contributed by atoms with Gasteiger partial charge in [0, 0.05) is 21.5 Å². The largest absolute Gasteiger partial charge is 0.349 e. The Bertz CT molecular complexity index is 567. The summed E-state index contributed by atoms with van der Waals surface area (Å²) in [5.41, 5.74) is 0.838. The summed E-state index contributed by atoms with van der Waals surface area (Å²) < 4.78 is 1.19. The van der Waals surface area contributed by atoms with Crippen LogP contribution in [0.1, 0.15) is 48.9 Å². The first-order valence-corrected chi connectivity index (χ1v) is 7.99. The molecule has 1 amide bonds. The number of nitrogens with one attached hydrogen (secondary N) is 1. The van der Waals surface area contributed by atoms with Crippen LogP contribution >= 0.6 is 11.3 Å². The summed E-state index contributed by atoms with van der Waals surface area (Å²) in [5.74, 6) is 0.101. The van der Waals surface area contributed by atoms with Gasteiger partial charge >= 0.3 is 0 Å². The van der Waals surface area contributed by atoms with Gasteiger partial charge in [0.15, 0.2) is 0 Å². The highest BCUT2D eigenvalue weighted by Crippen LogP contribution is 2.26. The van der Waals surface area contributed by atoms with E-state index in [1.807, 2.05) is 23.6 Å². The van der Waals surface area contributed by atoms with E-state index in [2.05, 4.69) is 11.4 Å². The fourth-order valence-electron chi connectivity index (χ4n) is 2.84. The van der Waals surface area contributed by atoms with Gasteiger partial charge < -0.3 is 5.32 Å². The molecule has 0 radical (unpaired) electrons. The van der Waals surface area contributed by atoms with Crippen LogP contribution < -0.4 is 5.32 Å². The second-order valence-electron chi connectivity index (χ2n) is 5.31. The zero-order valence-corrected chi connectivity index (χ0v) is 11.8. The lowest BCUT2D eigenvalue weighted by Gasteiger charge is -2.15. The average molecular weight is 273 g/mol. The SMILES string of the molecule is O=C(NC1CCCCCC1)c1csc2ccccc12. The molecule has 19 heavy (non-hydrogen) atoms. The maximum absolute atomic E-state index is 12.4. The predicted octanol–water partition coefficient (Wildman–Crippen LogP) is 4.35. The van der Waals surface area contributed by atoms with Crippen LogP contribution in [0, 0.1) is 0 Å². The first kappa shape index (κ1) is 12.7. The van der Waals surface area contributed by atoms with Crippen molar-refractivity contribution in [1.82, 2.24) is 5.32 Å². The standard InChI is InChI=1S/C16H19NOS/c18-16(17-12-7-3-1-2-4-8-12)14-11-19-15-10-6-5-9-13(14)15/h5-6,9-12H,1-4,7-8H2,(H,17,18). The number of benzene rings is 1. The normalized spacial score (nSPS) is 17.3. The highest BCUT2D eigenvalue weighted by molar-refractivity contribution is 7.17. The molecule has 1 heterocycles.